The topological polar surface area (TPSA) is 125 Å². The van der Waals surface area contributed by atoms with E-state index in [9.17, 15) is 24.3 Å². The van der Waals surface area contributed by atoms with Gasteiger partial charge in [0.25, 0.3) is 11.8 Å². The SMILES string of the molecule is CCC(Sc1cccc(NC(=O)/C(=C\c2cccc(Cl)c2Cl)NC(=O)c2ccccc2)c1)C(=O)Nc1ccc(Cl)c(C(=O)O)c1. The first kappa shape index (κ1) is 33.6. The van der Waals surface area contributed by atoms with Crippen LogP contribution in [0.15, 0.2) is 102 Å². The summed E-state index contributed by atoms with van der Waals surface area (Å²) in [5, 5.41) is 17.6. The molecule has 0 aliphatic heterocycles. The summed E-state index contributed by atoms with van der Waals surface area (Å²) in [6.45, 7) is 1.85. The largest absolute Gasteiger partial charge is 0.478 e. The molecule has 1 atom stereocenters. The van der Waals surface area contributed by atoms with Gasteiger partial charge < -0.3 is 21.1 Å². The highest BCUT2D eigenvalue weighted by molar-refractivity contribution is 8.00. The van der Waals surface area contributed by atoms with E-state index in [1.54, 1.807) is 72.8 Å². The van der Waals surface area contributed by atoms with Gasteiger partial charge >= 0.3 is 5.97 Å². The number of hydrogen-bond donors (Lipinski definition) is 4. The maximum Gasteiger partial charge on any atom is 0.337 e. The molecular formula is C33H26Cl3N3O5S. The van der Waals surface area contributed by atoms with Gasteiger partial charge in [0.15, 0.2) is 0 Å². The quantitative estimate of drug-likeness (QED) is 0.0933. The number of anilines is 2. The zero-order valence-corrected chi connectivity index (χ0v) is 26.7. The van der Waals surface area contributed by atoms with Crippen LogP contribution in [0.5, 0.6) is 0 Å². The van der Waals surface area contributed by atoms with Crippen LogP contribution < -0.4 is 16.0 Å². The van der Waals surface area contributed by atoms with Crippen molar-refractivity contribution in [2.45, 2.75) is 23.5 Å². The molecule has 4 aromatic carbocycles. The smallest absolute Gasteiger partial charge is 0.337 e. The van der Waals surface area contributed by atoms with E-state index in [0.29, 0.717) is 33.8 Å². The summed E-state index contributed by atoms with van der Waals surface area (Å²) in [6.07, 6.45) is 1.90. The fraction of sp³-hybridized carbons (Fsp3) is 0.0909. The summed E-state index contributed by atoms with van der Waals surface area (Å²) in [4.78, 5) is 51.6. The number of rotatable bonds is 11. The average Bonchev–Trinajstić information content (AvgIpc) is 3.02. The molecule has 0 aliphatic carbocycles. The van der Waals surface area contributed by atoms with Crippen LogP contribution in [0.4, 0.5) is 11.4 Å². The lowest BCUT2D eigenvalue weighted by Gasteiger charge is -2.16. The average molecular weight is 683 g/mol. The van der Waals surface area contributed by atoms with Gasteiger partial charge in [-0.15, -0.1) is 11.8 Å². The van der Waals surface area contributed by atoms with Crippen LogP contribution in [0, 0.1) is 0 Å². The lowest BCUT2D eigenvalue weighted by atomic mass is 10.1. The first-order valence-corrected chi connectivity index (χ1v) is 15.5. The Bertz CT molecular complexity index is 1780. The van der Waals surface area contributed by atoms with Crippen LogP contribution in [0.3, 0.4) is 0 Å². The number of halogens is 3. The molecule has 0 radical (unpaired) electrons. The third-order valence-corrected chi connectivity index (χ3v) is 8.83. The molecule has 0 heterocycles. The molecule has 0 bridgehead atoms. The van der Waals surface area contributed by atoms with E-state index in [0.717, 1.165) is 0 Å². The van der Waals surface area contributed by atoms with Crippen molar-refractivity contribution in [3.63, 3.8) is 0 Å². The molecule has 0 fully saturated rings. The van der Waals surface area contributed by atoms with E-state index in [2.05, 4.69) is 16.0 Å². The fourth-order valence-electron chi connectivity index (χ4n) is 4.05. The Labute approximate surface area is 278 Å². The predicted molar refractivity (Wildman–Crippen MR) is 180 cm³/mol. The normalized spacial score (nSPS) is 11.8. The van der Waals surface area contributed by atoms with Gasteiger partial charge in [0.2, 0.25) is 5.91 Å². The molecule has 45 heavy (non-hydrogen) atoms. The Morgan fingerprint density at radius 2 is 1.53 bits per heavy atom. The molecule has 230 valence electrons. The number of carboxylic acid groups (broad SMARTS) is 1. The Hall–Kier alpha value is -4.28. The molecule has 4 rings (SSSR count). The molecule has 0 saturated carbocycles. The summed E-state index contributed by atoms with van der Waals surface area (Å²) in [5.41, 5.74) is 1.32. The summed E-state index contributed by atoms with van der Waals surface area (Å²) in [7, 11) is 0. The third-order valence-electron chi connectivity index (χ3n) is 6.31. The lowest BCUT2D eigenvalue weighted by molar-refractivity contribution is -0.116. The minimum absolute atomic E-state index is 0.0640. The Morgan fingerprint density at radius 3 is 2.24 bits per heavy atom. The van der Waals surface area contributed by atoms with Gasteiger partial charge in [-0.05, 0) is 72.7 Å². The highest BCUT2D eigenvalue weighted by Gasteiger charge is 2.21. The van der Waals surface area contributed by atoms with Crippen LogP contribution in [-0.2, 0) is 9.59 Å². The van der Waals surface area contributed by atoms with Crippen molar-refractivity contribution < 1.29 is 24.3 Å². The van der Waals surface area contributed by atoms with Crippen LogP contribution in [-0.4, -0.2) is 34.0 Å². The Kier molecular flexibility index (Phi) is 11.7. The highest BCUT2D eigenvalue weighted by Crippen LogP contribution is 2.30. The van der Waals surface area contributed by atoms with Crippen LogP contribution >= 0.6 is 46.6 Å². The minimum atomic E-state index is -1.20. The second kappa shape index (κ2) is 15.6. The van der Waals surface area contributed by atoms with E-state index in [1.165, 1.54) is 36.0 Å². The predicted octanol–water partition coefficient (Wildman–Crippen LogP) is 8.26. The van der Waals surface area contributed by atoms with Crippen molar-refractivity contribution in [2.24, 2.45) is 0 Å². The number of aromatic carboxylic acids is 1. The summed E-state index contributed by atoms with van der Waals surface area (Å²) >= 11 is 19.7. The molecule has 8 nitrogen and oxygen atoms in total. The number of carbonyl (C=O) groups excluding carboxylic acids is 3. The fourth-order valence-corrected chi connectivity index (χ4v) is 5.63. The molecule has 0 saturated heterocycles. The molecular weight excluding hydrogens is 657 g/mol. The Morgan fingerprint density at radius 1 is 0.822 bits per heavy atom. The van der Waals surface area contributed by atoms with E-state index >= 15 is 0 Å². The molecule has 0 spiro atoms. The first-order valence-electron chi connectivity index (χ1n) is 13.5. The van der Waals surface area contributed by atoms with Gasteiger partial charge in [-0.3, -0.25) is 14.4 Å². The highest BCUT2D eigenvalue weighted by atomic mass is 35.5. The molecule has 1 unspecified atom stereocenters. The van der Waals surface area contributed by atoms with Crippen LogP contribution in [0.25, 0.3) is 6.08 Å². The number of thioether (sulfide) groups is 1. The molecule has 4 N–H and O–H groups in total. The summed E-state index contributed by atoms with van der Waals surface area (Å²) < 4.78 is 0. The number of carbonyl (C=O) groups is 4. The van der Waals surface area contributed by atoms with Crippen molar-refractivity contribution in [1.82, 2.24) is 5.32 Å². The third kappa shape index (κ3) is 9.12. The van der Waals surface area contributed by atoms with Crippen molar-refractivity contribution in [3.8, 4) is 0 Å². The van der Waals surface area contributed by atoms with Gasteiger partial charge in [-0.1, -0.05) is 78.1 Å². The van der Waals surface area contributed by atoms with E-state index in [1.807, 2.05) is 6.92 Å². The van der Waals surface area contributed by atoms with Crippen molar-refractivity contribution in [3.05, 3.63) is 128 Å². The van der Waals surface area contributed by atoms with Crippen molar-refractivity contribution >= 4 is 87.7 Å². The van der Waals surface area contributed by atoms with Crippen LogP contribution in [0.1, 0.15) is 39.6 Å². The molecule has 3 amide bonds. The zero-order chi connectivity index (χ0) is 32.5. The summed E-state index contributed by atoms with van der Waals surface area (Å²) in [6, 6.07) is 24.5. The van der Waals surface area contributed by atoms with Gasteiger partial charge in [0.05, 0.1) is 25.9 Å². The van der Waals surface area contributed by atoms with Crippen LogP contribution in [0.2, 0.25) is 15.1 Å². The van der Waals surface area contributed by atoms with E-state index in [4.69, 9.17) is 34.8 Å². The molecule has 0 aromatic heterocycles. The van der Waals surface area contributed by atoms with E-state index < -0.39 is 23.0 Å². The second-order valence-electron chi connectivity index (χ2n) is 9.51. The number of carboxylic acids is 1. The van der Waals surface area contributed by atoms with Gasteiger partial charge in [0.1, 0.15) is 5.70 Å². The van der Waals surface area contributed by atoms with Crippen molar-refractivity contribution in [1.29, 1.82) is 0 Å². The van der Waals surface area contributed by atoms with Gasteiger partial charge in [-0.2, -0.15) is 0 Å². The molecule has 0 aliphatic rings. The number of amides is 3. The molecule has 12 heteroatoms. The number of nitrogens with one attached hydrogen (secondary N) is 3. The lowest BCUT2D eigenvalue weighted by Crippen LogP contribution is -2.30. The minimum Gasteiger partial charge on any atom is -0.478 e. The van der Waals surface area contributed by atoms with Gasteiger partial charge in [-0.25, -0.2) is 4.79 Å². The number of benzene rings is 4. The Balaban J connectivity index is 1.52. The summed E-state index contributed by atoms with van der Waals surface area (Å²) in [5.74, 6) is -2.64. The standard InChI is InChI=1S/C33H26Cl3N3O5S/c1-2-28(32(42)38-22-14-15-25(34)24(18-22)33(43)44)45-23-12-7-11-21(17-23)37-31(41)27(16-20-10-6-13-26(35)29(20)36)39-30(40)19-8-4-3-5-9-19/h3-18,28H,2H2,1H3,(H,37,41)(H,38,42)(H,39,40)(H,43,44)/b27-16+. The van der Waals surface area contributed by atoms with Crippen molar-refractivity contribution in [2.75, 3.05) is 10.6 Å². The number of hydrogen-bond acceptors (Lipinski definition) is 5. The zero-order valence-electron chi connectivity index (χ0n) is 23.6. The van der Waals surface area contributed by atoms with Gasteiger partial charge in [0, 0.05) is 21.8 Å². The first-order chi connectivity index (χ1) is 21.5. The maximum absolute atomic E-state index is 13.5. The molecule has 4 aromatic rings. The monoisotopic (exact) mass is 681 g/mol. The second-order valence-corrected chi connectivity index (χ2v) is 12.0. The van der Waals surface area contributed by atoms with E-state index in [-0.39, 0.29) is 32.2 Å². The maximum atomic E-state index is 13.5.